The van der Waals surface area contributed by atoms with Crippen LogP contribution in [0.1, 0.15) is 6.92 Å². The predicted octanol–water partition coefficient (Wildman–Crippen LogP) is 1.16. The summed E-state index contributed by atoms with van der Waals surface area (Å²) in [7, 11) is 0. The Balaban J connectivity index is 2.07. The van der Waals surface area contributed by atoms with Gasteiger partial charge in [-0.25, -0.2) is 4.98 Å². The molecule has 2 heterocycles. The lowest BCUT2D eigenvalue weighted by atomic mass is 10.0. The molecule has 0 atom stereocenters. The summed E-state index contributed by atoms with van der Waals surface area (Å²) in [6.45, 7) is 2.39. The minimum atomic E-state index is -0.839. The molecule has 0 amide bonds. The van der Waals surface area contributed by atoms with Crippen molar-refractivity contribution in [1.29, 1.82) is 0 Å². The summed E-state index contributed by atoms with van der Waals surface area (Å²) in [5.74, 6) is 1.99. The van der Waals surface area contributed by atoms with Gasteiger partial charge in [0.05, 0.1) is 18.8 Å². The van der Waals surface area contributed by atoms with Gasteiger partial charge in [-0.05, 0) is 30.5 Å². The van der Waals surface area contributed by atoms with Crippen molar-refractivity contribution >= 4 is 16.6 Å². The zero-order chi connectivity index (χ0) is 14.9. The van der Waals surface area contributed by atoms with E-state index in [1.165, 1.54) is 0 Å². The number of benzene rings is 1. The van der Waals surface area contributed by atoms with Crippen LogP contribution in [0.15, 0.2) is 24.4 Å². The van der Waals surface area contributed by atoms with Crippen molar-refractivity contribution in [2.45, 2.75) is 12.5 Å². The first-order valence-corrected chi connectivity index (χ1v) is 6.83. The predicted molar refractivity (Wildman–Crippen MR) is 78.9 cm³/mol. The van der Waals surface area contributed by atoms with Gasteiger partial charge in [-0.2, -0.15) is 0 Å². The van der Waals surface area contributed by atoms with Crippen LogP contribution in [-0.2, 0) is 0 Å². The van der Waals surface area contributed by atoms with Crippen molar-refractivity contribution < 1.29 is 19.7 Å². The monoisotopic (exact) mass is 290 g/mol. The minimum absolute atomic E-state index is 0.202. The van der Waals surface area contributed by atoms with Gasteiger partial charge in [0.15, 0.2) is 11.5 Å². The Labute approximate surface area is 122 Å². The first-order chi connectivity index (χ1) is 10.1. The molecule has 0 aliphatic carbocycles. The second-order valence-electron chi connectivity index (χ2n) is 5.38. The van der Waals surface area contributed by atoms with Crippen LogP contribution in [0, 0.1) is 0 Å². The molecule has 0 unspecified atom stereocenters. The lowest BCUT2D eigenvalue weighted by Gasteiger charge is -2.27. The summed E-state index contributed by atoms with van der Waals surface area (Å²) >= 11 is 0. The van der Waals surface area contributed by atoms with E-state index in [0.29, 0.717) is 24.8 Å². The number of hydrogen-bond acceptors (Lipinski definition) is 6. The average Bonchev–Trinajstić information content (AvgIpc) is 2.53. The standard InChI is InChI=1S/C15H18N2O4/c1-15(8-18,9-19)17-14-11-7-13-12(20-4-5-21-13)6-10(11)2-3-16-14/h2-3,6-7,18-19H,4-5,8-9H2,1H3,(H,16,17). The first kappa shape index (κ1) is 13.9. The summed E-state index contributed by atoms with van der Waals surface area (Å²) in [5, 5.41) is 23.7. The van der Waals surface area contributed by atoms with Gasteiger partial charge in [0, 0.05) is 11.6 Å². The van der Waals surface area contributed by atoms with Gasteiger partial charge < -0.3 is 25.0 Å². The Morgan fingerprint density at radius 2 is 1.86 bits per heavy atom. The number of hydrogen-bond donors (Lipinski definition) is 3. The molecule has 1 aliphatic rings. The van der Waals surface area contributed by atoms with Gasteiger partial charge >= 0.3 is 0 Å². The molecule has 6 nitrogen and oxygen atoms in total. The highest BCUT2D eigenvalue weighted by Gasteiger charge is 2.24. The molecule has 3 rings (SSSR count). The molecule has 21 heavy (non-hydrogen) atoms. The van der Waals surface area contributed by atoms with Crippen molar-refractivity contribution in [2.75, 3.05) is 31.7 Å². The highest BCUT2D eigenvalue weighted by molar-refractivity contribution is 5.94. The van der Waals surface area contributed by atoms with Gasteiger partial charge in [0.2, 0.25) is 0 Å². The molecule has 112 valence electrons. The molecular formula is C15H18N2O4. The molecule has 2 aromatic rings. The van der Waals surface area contributed by atoms with Crippen LogP contribution in [0.3, 0.4) is 0 Å². The molecule has 3 N–H and O–H groups in total. The van der Waals surface area contributed by atoms with Gasteiger partial charge in [-0.3, -0.25) is 0 Å². The van der Waals surface area contributed by atoms with Crippen LogP contribution in [0.4, 0.5) is 5.82 Å². The van der Waals surface area contributed by atoms with E-state index in [4.69, 9.17) is 9.47 Å². The zero-order valence-corrected chi connectivity index (χ0v) is 11.8. The number of aliphatic hydroxyl groups is 2. The third kappa shape index (κ3) is 2.59. The molecule has 0 spiro atoms. The van der Waals surface area contributed by atoms with E-state index in [1.807, 2.05) is 18.2 Å². The maximum absolute atomic E-state index is 9.42. The number of nitrogens with zero attached hydrogens (tertiary/aromatic N) is 1. The summed E-state index contributed by atoms with van der Waals surface area (Å²) in [6.07, 6.45) is 1.68. The maximum atomic E-state index is 9.42. The first-order valence-electron chi connectivity index (χ1n) is 6.83. The maximum Gasteiger partial charge on any atom is 0.162 e. The Kier molecular flexibility index (Phi) is 3.57. The van der Waals surface area contributed by atoms with Gasteiger partial charge in [-0.15, -0.1) is 0 Å². The summed E-state index contributed by atoms with van der Waals surface area (Å²) in [5.41, 5.74) is -0.839. The lowest BCUT2D eigenvalue weighted by Crippen LogP contribution is -2.42. The summed E-state index contributed by atoms with van der Waals surface area (Å²) in [4.78, 5) is 4.31. The van der Waals surface area contributed by atoms with Crippen molar-refractivity contribution in [3.05, 3.63) is 24.4 Å². The molecule has 0 saturated carbocycles. The van der Waals surface area contributed by atoms with Crippen molar-refractivity contribution in [3.63, 3.8) is 0 Å². The fourth-order valence-corrected chi connectivity index (χ4v) is 2.22. The van der Waals surface area contributed by atoms with Crippen LogP contribution >= 0.6 is 0 Å². The molecule has 1 aromatic heterocycles. The van der Waals surface area contributed by atoms with E-state index in [2.05, 4.69) is 10.3 Å². The molecular weight excluding hydrogens is 272 g/mol. The highest BCUT2D eigenvalue weighted by atomic mass is 16.6. The van der Waals surface area contributed by atoms with Gasteiger partial charge in [0.25, 0.3) is 0 Å². The topological polar surface area (TPSA) is 83.8 Å². The molecule has 6 heteroatoms. The third-order valence-electron chi connectivity index (χ3n) is 3.55. The smallest absolute Gasteiger partial charge is 0.162 e. The molecule has 0 saturated heterocycles. The fourth-order valence-electron chi connectivity index (χ4n) is 2.22. The number of fused-ring (bicyclic) bond motifs is 2. The number of pyridine rings is 1. The van der Waals surface area contributed by atoms with Crippen molar-refractivity contribution in [2.24, 2.45) is 0 Å². The number of ether oxygens (including phenoxy) is 2. The molecule has 1 aromatic carbocycles. The Bertz CT molecular complexity index is 655. The number of aliphatic hydroxyl groups excluding tert-OH is 2. The SMILES string of the molecule is CC(CO)(CO)Nc1nccc2cc3c(cc12)OCCO3. The van der Waals surface area contributed by atoms with E-state index in [-0.39, 0.29) is 13.2 Å². The number of rotatable bonds is 4. The quantitative estimate of drug-likeness (QED) is 0.783. The van der Waals surface area contributed by atoms with E-state index >= 15 is 0 Å². The van der Waals surface area contributed by atoms with Crippen LogP contribution in [-0.4, -0.2) is 47.2 Å². The largest absolute Gasteiger partial charge is 0.486 e. The van der Waals surface area contributed by atoms with E-state index < -0.39 is 5.54 Å². The molecule has 1 aliphatic heterocycles. The Morgan fingerprint density at radius 3 is 2.52 bits per heavy atom. The van der Waals surface area contributed by atoms with E-state index in [1.54, 1.807) is 13.1 Å². The normalized spacial score (nSPS) is 14.2. The van der Waals surface area contributed by atoms with Crippen molar-refractivity contribution in [1.82, 2.24) is 4.98 Å². The average molecular weight is 290 g/mol. The number of anilines is 1. The molecule has 0 bridgehead atoms. The van der Waals surface area contributed by atoms with Crippen LogP contribution < -0.4 is 14.8 Å². The molecule has 0 radical (unpaired) electrons. The van der Waals surface area contributed by atoms with Gasteiger partial charge in [0.1, 0.15) is 19.0 Å². The fraction of sp³-hybridized carbons (Fsp3) is 0.400. The second kappa shape index (κ2) is 5.38. The summed E-state index contributed by atoms with van der Waals surface area (Å²) < 4.78 is 11.2. The van der Waals surface area contributed by atoms with E-state index in [9.17, 15) is 10.2 Å². The number of aromatic nitrogens is 1. The Morgan fingerprint density at radius 1 is 1.19 bits per heavy atom. The summed E-state index contributed by atoms with van der Waals surface area (Å²) in [6, 6.07) is 5.66. The minimum Gasteiger partial charge on any atom is -0.486 e. The lowest BCUT2D eigenvalue weighted by molar-refractivity contribution is 0.147. The highest BCUT2D eigenvalue weighted by Crippen LogP contribution is 2.36. The molecule has 0 fully saturated rings. The van der Waals surface area contributed by atoms with Gasteiger partial charge in [-0.1, -0.05) is 0 Å². The van der Waals surface area contributed by atoms with E-state index in [0.717, 1.165) is 16.5 Å². The van der Waals surface area contributed by atoms with Crippen LogP contribution in [0.5, 0.6) is 11.5 Å². The second-order valence-corrected chi connectivity index (χ2v) is 5.38. The van der Waals surface area contributed by atoms with Crippen LogP contribution in [0.2, 0.25) is 0 Å². The zero-order valence-electron chi connectivity index (χ0n) is 11.8. The Hall–Kier alpha value is -2.05. The van der Waals surface area contributed by atoms with Crippen molar-refractivity contribution in [3.8, 4) is 11.5 Å². The van der Waals surface area contributed by atoms with Crippen LogP contribution in [0.25, 0.3) is 10.8 Å². The number of nitrogens with one attached hydrogen (secondary N) is 1. The third-order valence-corrected chi connectivity index (χ3v) is 3.55.